The summed E-state index contributed by atoms with van der Waals surface area (Å²) in [7, 11) is 1.70. The Bertz CT molecular complexity index is 687. The van der Waals surface area contributed by atoms with E-state index in [2.05, 4.69) is 10.3 Å². The molecule has 1 amide bonds. The zero-order chi connectivity index (χ0) is 15.5. The molecule has 1 atom stereocenters. The molecule has 1 unspecified atom stereocenters. The van der Waals surface area contributed by atoms with Crippen LogP contribution >= 0.6 is 0 Å². The minimum atomic E-state index is -0.483. The number of likely N-dealkylation sites (N-methyl/N-ethyl adjacent to an activating group) is 1. The van der Waals surface area contributed by atoms with Gasteiger partial charge in [0.05, 0.1) is 6.61 Å². The van der Waals surface area contributed by atoms with Gasteiger partial charge in [-0.1, -0.05) is 30.3 Å². The second-order valence-electron chi connectivity index (χ2n) is 5.45. The van der Waals surface area contributed by atoms with Gasteiger partial charge in [-0.25, -0.2) is 4.98 Å². The lowest BCUT2D eigenvalue weighted by Crippen LogP contribution is -2.37. The molecule has 5 heteroatoms. The summed E-state index contributed by atoms with van der Waals surface area (Å²) >= 11 is 0. The summed E-state index contributed by atoms with van der Waals surface area (Å²) in [5.41, 5.74) is 3.17. The smallest absolute Gasteiger partial charge is 0.249 e. The quantitative estimate of drug-likeness (QED) is 0.903. The van der Waals surface area contributed by atoms with Crippen LogP contribution in [0.2, 0.25) is 0 Å². The highest BCUT2D eigenvalue weighted by atomic mass is 16.3. The van der Waals surface area contributed by atoms with Crippen molar-refractivity contribution in [3.63, 3.8) is 0 Å². The number of aromatic nitrogens is 1. The molecule has 22 heavy (non-hydrogen) atoms. The van der Waals surface area contributed by atoms with Crippen LogP contribution in [0.15, 0.2) is 42.6 Å². The van der Waals surface area contributed by atoms with Gasteiger partial charge < -0.3 is 15.3 Å². The van der Waals surface area contributed by atoms with Gasteiger partial charge in [-0.3, -0.25) is 4.79 Å². The number of rotatable bonds is 3. The van der Waals surface area contributed by atoms with Gasteiger partial charge in [0, 0.05) is 26.2 Å². The van der Waals surface area contributed by atoms with Crippen molar-refractivity contribution in [3.8, 4) is 0 Å². The molecule has 2 heterocycles. The lowest BCUT2D eigenvalue weighted by Gasteiger charge is -2.24. The van der Waals surface area contributed by atoms with Crippen LogP contribution in [0.5, 0.6) is 0 Å². The van der Waals surface area contributed by atoms with E-state index >= 15 is 0 Å². The molecule has 5 nitrogen and oxygen atoms in total. The van der Waals surface area contributed by atoms with Crippen LogP contribution in [-0.2, 0) is 11.2 Å². The molecule has 2 N–H and O–H groups in total. The van der Waals surface area contributed by atoms with Crippen molar-refractivity contribution in [1.29, 1.82) is 0 Å². The monoisotopic (exact) mass is 297 g/mol. The van der Waals surface area contributed by atoms with Crippen LogP contribution in [0.3, 0.4) is 0 Å². The first-order valence-electron chi connectivity index (χ1n) is 7.35. The molecule has 0 aliphatic carbocycles. The van der Waals surface area contributed by atoms with Crippen molar-refractivity contribution in [1.82, 2.24) is 9.88 Å². The summed E-state index contributed by atoms with van der Waals surface area (Å²) in [4.78, 5) is 18.7. The van der Waals surface area contributed by atoms with Gasteiger partial charge in [0.25, 0.3) is 0 Å². The van der Waals surface area contributed by atoms with Crippen LogP contribution < -0.4 is 5.32 Å². The summed E-state index contributed by atoms with van der Waals surface area (Å²) in [5.74, 6) is 0.675. The van der Waals surface area contributed by atoms with Crippen molar-refractivity contribution >= 4 is 11.7 Å². The molecule has 1 aliphatic heterocycles. The zero-order valence-electron chi connectivity index (χ0n) is 12.5. The maximum atomic E-state index is 12.7. The van der Waals surface area contributed by atoms with Crippen LogP contribution in [-0.4, -0.2) is 41.1 Å². The van der Waals surface area contributed by atoms with Crippen molar-refractivity contribution in [2.75, 3.05) is 25.5 Å². The molecular weight excluding hydrogens is 278 g/mol. The van der Waals surface area contributed by atoms with E-state index in [0.29, 0.717) is 6.54 Å². The third-order valence-corrected chi connectivity index (χ3v) is 3.98. The highest BCUT2D eigenvalue weighted by Gasteiger charge is 2.29. The van der Waals surface area contributed by atoms with Gasteiger partial charge in [-0.2, -0.15) is 0 Å². The van der Waals surface area contributed by atoms with E-state index in [1.807, 2.05) is 36.4 Å². The lowest BCUT2D eigenvalue weighted by atomic mass is 9.97. The SMILES string of the molecule is CN(CCO)C(=O)C1Nc2ncccc2Cc2ccccc21. The van der Waals surface area contributed by atoms with Gasteiger partial charge >= 0.3 is 0 Å². The van der Waals surface area contributed by atoms with Crippen LogP contribution in [0.25, 0.3) is 0 Å². The number of benzene rings is 1. The molecule has 0 spiro atoms. The Morgan fingerprint density at radius 2 is 2.09 bits per heavy atom. The number of anilines is 1. The molecular formula is C17H19N3O2. The van der Waals surface area contributed by atoms with Crippen molar-refractivity contribution < 1.29 is 9.90 Å². The van der Waals surface area contributed by atoms with Crippen LogP contribution in [0.4, 0.5) is 5.82 Å². The fourth-order valence-corrected chi connectivity index (χ4v) is 2.78. The van der Waals surface area contributed by atoms with Crippen molar-refractivity contribution in [2.24, 2.45) is 0 Å². The number of hydrogen-bond donors (Lipinski definition) is 2. The fraction of sp³-hybridized carbons (Fsp3) is 0.294. The van der Waals surface area contributed by atoms with E-state index in [1.165, 1.54) is 0 Å². The second-order valence-corrected chi connectivity index (χ2v) is 5.45. The summed E-state index contributed by atoms with van der Waals surface area (Å²) in [6.45, 7) is 0.264. The molecule has 114 valence electrons. The summed E-state index contributed by atoms with van der Waals surface area (Å²) in [6, 6.07) is 11.4. The number of nitrogens with one attached hydrogen (secondary N) is 1. The summed E-state index contributed by atoms with van der Waals surface area (Å²) in [6.07, 6.45) is 2.47. The van der Waals surface area contributed by atoms with Gasteiger partial charge in [-0.15, -0.1) is 0 Å². The third-order valence-electron chi connectivity index (χ3n) is 3.98. The maximum Gasteiger partial charge on any atom is 0.249 e. The van der Waals surface area contributed by atoms with E-state index in [0.717, 1.165) is 28.9 Å². The molecule has 0 bridgehead atoms. The zero-order valence-corrected chi connectivity index (χ0v) is 12.5. The second kappa shape index (κ2) is 6.15. The number of pyridine rings is 1. The van der Waals surface area contributed by atoms with E-state index in [-0.39, 0.29) is 12.5 Å². The van der Waals surface area contributed by atoms with Crippen molar-refractivity contribution in [3.05, 3.63) is 59.3 Å². The molecule has 2 aromatic rings. The Hall–Kier alpha value is -2.40. The van der Waals surface area contributed by atoms with E-state index in [9.17, 15) is 4.79 Å². The van der Waals surface area contributed by atoms with Crippen molar-refractivity contribution in [2.45, 2.75) is 12.5 Å². The molecule has 1 aromatic carbocycles. The Labute approximate surface area is 129 Å². The molecule has 0 saturated heterocycles. The molecule has 1 aliphatic rings. The molecule has 0 fully saturated rings. The fourth-order valence-electron chi connectivity index (χ4n) is 2.78. The Balaban J connectivity index is 2.03. The van der Waals surface area contributed by atoms with Gasteiger partial charge in [0.2, 0.25) is 5.91 Å². The van der Waals surface area contributed by atoms with Crippen LogP contribution in [0, 0.1) is 0 Å². The number of carbonyl (C=O) groups excluding carboxylic acids is 1. The normalized spacial score (nSPS) is 16.0. The topological polar surface area (TPSA) is 65.5 Å². The Kier molecular flexibility index (Phi) is 4.06. The van der Waals surface area contributed by atoms with E-state index in [1.54, 1.807) is 18.1 Å². The third kappa shape index (κ3) is 2.67. The molecule has 0 radical (unpaired) electrons. The predicted molar refractivity (Wildman–Crippen MR) is 84.6 cm³/mol. The Morgan fingerprint density at radius 1 is 1.32 bits per heavy atom. The Morgan fingerprint density at radius 3 is 2.91 bits per heavy atom. The summed E-state index contributed by atoms with van der Waals surface area (Å²) in [5, 5.41) is 12.3. The van der Waals surface area contributed by atoms with Gasteiger partial charge in [0.1, 0.15) is 11.9 Å². The average Bonchev–Trinajstić information content (AvgIpc) is 2.71. The molecule has 1 aromatic heterocycles. The maximum absolute atomic E-state index is 12.7. The number of aliphatic hydroxyl groups is 1. The minimum absolute atomic E-state index is 0.0502. The highest BCUT2D eigenvalue weighted by molar-refractivity contribution is 5.87. The number of fused-ring (bicyclic) bond motifs is 2. The number of aliphatic hydroxyl groups excluding tert-OH is 1. The first kappa shape index (κ1) is 14.5. The first-order valence-corrected chi connectivity index (χ1v) is 7.35. The number of carbonyl (C=O) groups is 1. The largest absolute Gasteiger partial charge is 0.395 e. The first-order chi connectivity index (χ1) is 10.7. The highest BCUT2D eigenvalue weighted by Crippen LogP contribution is 2.31. The number of nitrogens with zero attached hydrogens (tertiary/aromatic N) is 2. The molecule has 3 rings (SSSR count). The predicted octanol–water partition coefficient (Wildman–Crippen LogP) is 1.59. The standard InChI is InChI=1S/C17H19N3O2/c1-20(9-10-21)17(22)15-14-7-3-2-5-12(14)11-13-6-4-8-18-16(13)19-15/h2-8,15,21H,9-11H2,1H3,(H,18,19). The number of amides is 1. The average molecular weight is 297 g/mol. The lowest BCUT2D eigenvalue weighted by molar-refractivity contribution is -0.131. The van der Waals surface area contributed by atoms with E-state index in [4.69, 9.17) is 5.11 Å². The van der Waals surface area contributed by atoms with Crippen LogP contribution in [0.1, 0.15) is 22.7 Å². The van der Waals surface area contributed by atoms with Gasteiger partial charge in [0.15, 0.2) is 0 Å². The number of hydrogen-bond acceptors (Lipinski definition) is 4. The van der Waals surface area contributed by atoms with Gasteiger partial charge in [-0.05, 0) is 22.8 Å². The summed E-state index contributed by atoms with van der Waals surface area (Å²) < 4.78 is 0. The minimum Gasteiger partial charge on any atom is -0.395 e. The van der Waals surface area contributed by atoms with E-state index < -0.39 is 6.04 Å². The molecule has 0 saturated carbocycles.